The lowest BCUT2D eigenvalue weighted by Crippen LogP contribution is -2.21. The number of fused-ring (bicyclic) bond motifs is 1. The van der Waals surface area contributed by atoms with Gasteiger partial charge in [-0.25, -0.2) is 4.79 Å². The predicted molar refractivity (Wildman–Crippen MR) is 70.5 cm³/mol. The fraction of sp³-hybridized carbons (Fsp3) is 0.231. The Morgan fingerprint density at radius 1 is 1.35 bits per heavy atom. The van der Waals surface area contributed by atoms with Gasteiger partial charge in [0.25, 0.3) is 5.69 Å². The fourth-order valence-electron chi connectivity index (χ4n) is 1.65. The van der Waals surface area contributed by atoms with E-state index in [1.165, 1.54) is 38.1 Å². The van der Waals surface area contributed by atoms with Crippen molar-refractivity contribution in [2.24, 2.45) is 0 Å². The summed E-state index contributed by atoms with van der Waals surface area (Å²) in [6.45, 7) is 2.81. The van der Waals surface area contributed by atoms with Gasteiger partial charge in [-0.1, -0.05) is 0 Å². The molecule has 0 bridgehead atoms. The molecule has 7 nitrogen and oxygen atoms in total. The first-order valence-corrected chi connectivity index (χ1v) is 5.87. The number of esters is 1. The smallest absolute Gasteiger partial charge is 0.355 e. The number of carbonyl (C=O) groups is 2. The van der Waals surface area contributed by atoms with E-state index < -0.39 is 17.0 Å². The quantitative estimate of drug-likeness (QED) is 0.524. The lowest BCUT2D eigenvalue weighted by atomic mass is 10.2. The van der Waals surface area contributed by atoms with E-state index in [4.69, 9.17) is 4.74 Å². The molecular weight excluding hydrogens is 264 g/mol. The summed E-state index contributed by atoms with van der Waals surface area (Å²) < 4.78 is 4.95. The Hall–Kier alpha value is -2.70. The highest BCUT2D eigenvalue weighted by Crippen LogP contribution is 2.22. The van der Waals surface area contributed by atoms with Crippen molar-refractivity contribution in [3.05, 3.63) is 40.1 Å². The average molecular weight is 276 g/mol. The zero-order valence-electron chi connectivity index (χ0n) is 10.9. The van der Waals surface area contributed by atoms with Crippen LogP contribution in [0.25, 0.3) is 10.9 Å². The van der Waals surface area contributed by atoms with Crippen LogP contribution in [0.5, 0.6) is 0 Å². The number of carbonyl (C=O) groups excluding carboxylic acids is 2. The average Bonchev–Trinajstić information content (AvgIpc) is 2.80. The number of H-pyrrole nitrogens is 1. The topological polar surface area (TPSA) is 102 Å². The van der Waals surface area contributed by atoms with Gasteiger partial charge in [0.1, 0.15) is 5.69 Å². The Morgan fingerprint density at radius 2 is 2.05 bits per heavy atom. The summed E-state index contributed by atoms with van der Waals surface area (Å²) in [6.07, 6.45) is -0.830. The van der Waals surface area contributed by atoms with Gasteiger partial charge in [0.05, 0.1) is 4.92 Å². The number of aromatic nitrogens is 1. The fourth-order valence-corrected chi connectivity index (χ4v) is 1.65. The molecule has 7 heteroatoms. The highest BCUT2D eigenvalue weighted by molar-refractivity contribution is 5.96. The van der Waals surface area contributed by atoms with E-state index in [1.807, 2.05) is 0 Å². The molecule has 20 heavy (non-hydrogen) atoms. The number of hydrogen-bond acceptors (Lipinski definition) is 5. The maximum absolute atomic E-state index is 11.8. The van der Waals surface area contributed by atoms with Crippen LogP contribution in [0.1, 0.15) is 24.3 Å². The zero-order chi connectivity index (χ0) is 14.9. The van der Waals surface area contributed by atoms with Crippen LogP contribution in [-0.4, -0.2) is 27.8 Å². The molecule has 1 aromatic heterocycles. The first-order valence-electron chi connectivity index (χ1n) is 5.87. The highest BCUT2D eigenvalue weighted by Gasteiger charge is 2.18. The summed E-state index contributed by atoms with van der Waals surface area (Å²) in [7, 11) is 0. The van der Waals surface area contributed by atoms with E-state index in [2.05, 4.69) is 4.98 Å². The number of aromatic amines is 1. The summed E-state index contributed by atoms with van der Waals surface area (Å²) >= 11 is 0. The van der Waals surface area contributed by atoms with E-state index in [9.17, 15) is 19.7 Å². The number of nitro groups is 1. The summed E-state index contributed by atoms with van der Waals surface area (Å²) in [5.41, 5.74) is 0.667. The number of benzene rings is 1. The van der Waals surface area contributed by atoms with Crippen molar-refractivity contribution in [2.75, 3.05) is 0 Å². The Morgan fingerprint density at radius 3 is 2.65 bits per heavy atom. The van der Waals surface area contributed by atoms with Crippen LogP contribution in [-0.2, 0) is 9.53 Å². The molecule has 1 aromatic carbocycles. The Bertz CT molecular complexity index is 704. The minimum absolute atomic E-state index is 0.0616. The standard InChI is InChI=1S/C13H12N2O5/c1-7(16)8(2)20-13(17)12-6-9-5-10(15(18)19)3-4-11(9)14-12/h3-6,8,14H,1-2H3/t8-/m1/s1. The normalized spacial score (nSPS) is 12.1. The van der Waals surface area contributed by atoms with Gasteiger partial charge in [0.15, 0.2) is 11.9 Å². The molecule has 0 saturated carbocycles. The molecule has 2 aromatic rings. The second kappa shape index (κ2) is 5.12. The summed E-state index contributed by atoms with van der Waals surface area (Å²) in [5, 5.41) is 11.2. The van der Waals surface area contributed by atoms with Gasteiger partial charge in [-0.05, 0) is 26.0 Å². The number of nitrogens with zero attached hydrogens (tertiary/aromatic N) is 1. The van der Waals surface area contributed by atoms with Crippen molar-refractivity contribution in [3.8, 4) is 0 Å². The predicted octanol–water partition coefficient (Wildman–Crippen LogP) is 2.21. The molecule has 1 heterocycles. The minimum Gasteiger partial charge on any atom is -0.450 e. The molecule has 1 N–H and O–H groups in total. The monoisotopic (exact) mass is 276 g/mol. The molecular formula is C13H12N2O5. The van der Waals surface area contributed by atoms with E-state index in [1.54, 1.807) is 0 Å². The van der Waals surface area contributed by atoms with Crippen LogP contribution in [0.2, 0.25) is 0 Å². The third-order valence-corrected chi connectivity index (χ3v) is 2.89. The van der Waals surface area contributed by atoms with Gasteiger partial charge < -0.3 is 9.72 Å². The third-order valence-electron chi connectivity index (χ3n) is 2.89. The summed E-state index contributed by atoms with van der Waals surface area (Å²) in [5.74, 6) is -0.934. The molecule has 2 rings (SSSR count). The van der Waals surface area contributed by atoms with Crippen LogP contribution in [0.3, 0.4) is 0 Å². The van der Waals surface area contributed by atoms with Crippen LogP contribution >= 0.6 is 0 Å². The Kier molecular flexibility index (Phi) is 3.51. The number of rotatable bonds is 4. The second-order valence-electron chi connectivity index (χ2n) is 4.37. The van der Waals surface area contributed by atoms with Crippen LogP contribution in [0.15, 0.2) is 24.3 Å². The molecule has 0 saturated heterocycles. The number of nitro benzene ring substituents is 1. The number of non-ortho nitro benzene ring substituents is 1. The minimum atomic E-state index is -0.830. The molecule has 0 fully saturated rings. The van der Waals surface area contributed by atoms with Gasteiger partial charge >= 0.3 is 5.97 Å². The molecule has 104 valence electrons. The van der Waals surface area contributed by atoms with E-state index in [0.29, 0.717) is 10.9 Å². The largest absolute Gasteiger partial charge is 0.450 e. The lowest BCUT2D eigenvalue weighted by molar-refractivity contribution is -0.384. The third kappa shape index (κ3) is 2.66. The van der Waals surface area contributed by atoms with Crippen molar-refractivity contribution >= 4 is 28.3 Å². The van der Waals surface area contributed by atoms with Crippen LogP contribution < -0.4 is 0 Å². The number of nitrogens with one attached hydrogen (secondary N) is 1. The van der Waals surface area contributed by atoms with Crippen molar-refractivity contribution in [1.82, 2.24) is 4.98 Å². The molecule has 0 aliphatic heterocycles. The highest BCUT2D eigenvalue weighted by atomic mass is 16.6. The molecule has 0 radical (unpaired) electrons. The van der Waals surface area contributed by atoms with Gasteiger partial charge in [-0.3, -0.25) is 14.9 Å². The second-order valence-corrected chi connectivity index (χ2v) is 4.37. The first kappa shape index (κ1) is 13.7. The molecule has 0 unspecified atom stereocenters. The van der Waals surface area contributed by atoms with Crippen LogP contribution in [0, 0.1) is 10.1 Å². The molecule has 1 atom stereocenters. The zero-order valence-corrected chi connectivity index (χ0v) is 10.9. The number of hydrogen-bond donors (Lipinski definition) is 1. The van der Waals surface area contributed by atoms with E-state index in [-0.39, 0.29) is 17.2 Å². The van der Waals surface area contributed by atoms with Crippen molar-refractivity contribution < 1.29 is 19.2 Å². The van der Waals surface area contributed by atoms with E-state index >= 15 is 0 Å². The maximum Gasteiger partial charge on any atom is 0.355 e. The Labute approximate surface area is 113 Å². The summed E-state index contributed by atoms with van der Waals surface area (Å²) in [6, 6.07) is 5.67. The van der Waals surface area contributed by atoms with Gasteiger partial charge in [0, 0.05) is 23.0 Å². The number of ether oxygens (including phenoxy) is 1. The van der Waals surface area contributed by atoms with Gasteiger partial charge in [-0.15, -0.1) is 0 Å². The molecule has 0 aliphatic rings. The van der Waals surface area contributed by atoms with Crippen LogP contribution in [0.4, 0.5) is 5.69 Å². The Balaban J connectivity index is 2.29. The van der Waals surface area contributed by atoms with Crippen molar-refractivity contribution in [3.63, 3.8) is 0 Å². The van der Waals surface area contributed by atoms with Gasteiger partial charge in [0.2, 0.25) is 0 Å². The first-order chi connectivity index (χ1) is 9.38. The molecule has 0 spiro atoms. The molecule has 0 amide bonds. The molecule has 0 aliphatic carbocycles. The maximum atomic E-state index is 11.8. The lowest BCUT2D eigenvalue weighted by Gasteiger charge is -2.08. The number of ketones is 1. The SMILES string of the molecule is CC(=O)[C@@H](C)OC(=O)c1cc2cc([N+](=O)[O-])ccc2[nH]1. The van der Waals surface area contributed by atoms with Crippen molar-refractivity contribution in [2.45, 2.75) is 20.0 Å². The van der Waals surface area contributed by atoms with Crippen molar-refractivity contribution in [1.29, 1.82) is 0 Å². The van der Waals surface area contributed by atoms with E-state index in [0.717, 1.165) is 0 Å². The summed E-state index contributed by atoms with van der Waals surface area (Å²) in [4.78, 5) is 35.8. The van der Waals surface area contributed by atoms with Gasteiger partial charge in [-0.2, -0.15) is 0 Å². The number of Topliss-reactive ketones (excluding diaryl/α,β-unsaturated/α-hetero) is 1.